The van der Waals surface area contributed by atoms with Crippen LogP contribution in [0.25, 0.3) is 0 Å². The van der Waals surface area contributed by atoms with E-state index in [1.165, 1.54) is 0 Å². The lowest BCUT2D eigenvalue weighted by molar-refractivity contribution is -0.141. The van der Waals surface area contributed by atoms with Crippen molar-refractivity contribution in [3.05, 3.63) is 42.0 Å². The number of carbonyl (C=O) groups is 2. The first-order chi connectivity index (χ1) is 15.3. The zero-order valence-corrected chi connectivity index (χ0v) is 19.3. The number of amides is 2. The van der Waals surface area contributed by atoms with Crippen LogP contribution in [0.2, 0.25) is 0 Å². The number of hydrogen-bond donors (Lipinski definition) is 1. The Balaban J connectivity index is 1.36. The van der Waals surface area contributed by atoms with E-state index in [1.54, 1.807) is 18.2 Å². The molecule has 168 valence electrons. The second-order valence-corrected chi connectivity index (χ2v) is 11.0. The molecule has 5 rings (SSSR count). The van der Waals surface area contributed by atoms with E-state index in [-0.39, 0.29) is 28.6 Å². The third-order valence-corrected chi connectivity index (χ3v) is 9.73. The first-order valence-corrected chi connectivity index (χ1v) is 12.0. The molecule has 3 saturated carbocycles. The van der Waals surface area contributed by atoms with Crippen LogP contribution in [-0.4, -0.2) is 29.8 Å². The molecule has 0 radical (unpaired) electrons. The molecule has 5 heteroatoms. The molecular weight excluding hydrogens is 398 g/mol. The van der Waals surface area contributed by atoms with Gasteiger partial charge in [0, 0.05) is 30.1 Å². The van der Waals surface area contributed by atoms with Gasteiger partial charge in [-0.25, -0.2) is 0 Å². The monoisotopic (exact) mass is 431 g/mol. The van der Waals surface area contributed by atoms with Gasteiger partial charge < -0.3 is 10.2 Å². The molecular formula is C27H33N3O2. The minimum atomic E-state index is 0.0285. The van der Waals surface area contributed by atoms with Crippen LogP contribution < -0.4 is 5.32 Å². The standard InChI is InChI=1S/C27H33N3O2/c1-26-14-12-21-19(8-11-23-27(21,2)15-13-24(31)30(23)3)20(26)9-10-22(26)25(32)29-18-6-4-17(16-28)5-7-18/h4-7,13,15,19-23H,8-12,14H2,1-3H3,(H,29,32)/t19-,20-,21-,22+,23+,26-,27+/m0/s1. The zero-order valence-electron chi connectivity index (χ0n) is 19.3. The van der Waals surface area contributed by atoms with E-state index >= 15 is 0 Å². The lowest BCUT2D eigenvalue weighted by Gasteiger charge is -2.60. The molecule has 32 heavy (non-hydrogen) atoms. The first kappa shape index (κ1) is 21.2. The minimum absolute atomic E-state index is 0.0285. The van der Waals surface area contributed by atoms with Gasteiger partial charge in [-0.15, -0.1) is 0 Å². The smallest absolute Gasteiger partial charge is 0.246 e. The highest BCUT2D eigenvalue weighted by Gasteiger charge is 2.61. The number of nitrogens with zero attached hydrogens (tertiary/aromatic N) is 2. The quantitative estimate of drug-likeness (QED) is 0.734. The van der Waals surface area contributed by atoms with Gasteiger partial charge in [0.05, 0.1) is 11.6 Å². The van der Waals surface area contributed by atoms with Crippen LogP contribution in [-0.2, 0) is 9.59 Å². The summed E-state index contributed by atoms with van der Waals surface area (Å²) in [4.78, 5) is 27.6. The minimum Gasteiger partial charge on any atom is -0.338 e. The van der Waals surface area contributed by atoms with Crippen molar-refractivity contribution in [3.63, 3.8) is 0 Å². The second-order valence-electron chi connectivity index (χ2n) is 11.0. The molecule has 2 amide bonds. The van der Waals surface area contributed by atoms with Crippen molar-refractivity contribution in [2.75, 3.05) is 12.4 Å². The molecule has 0 bridgehead atoms. The Hall–Kier alpha value is -2.61. The normalized spacial score (nSPS) is 40.1. The fraction of sp³-hybridized carbons (Fsp3) is 0.593. The number of rotatable bonds is 2. The molecule has 1 aromatic carbocycles. The maximum Gasteiger partial charge on any atom is 0.246 e. The number of nitriles is 1. The number of fused-ring (bicyclic) bond motifs is 5. The Morgan fingerprint density at radius 3 is 2.56 bits per heavy atom. The van der Waals surface area contributed by atoms with Crippen LogP contribution in [0.5, 0.6) is 0 Å². The fourth-order valence-electron chi connectivity index (χ4n) is 8.03. The molecule has 4 aliphatic rings. The van der Waals surface area contributed by atoms with Gasteiger partial charge in [-0.3, -0.25) is 9.59 Å². The van der Waals surface area contributed by atoms with Crippen molar-refractivity contribution < 1.29 is 9.59 Å². The Bertz CT molecular complexity index is 1010. The lowest BCUT2D eigenvalue weighted by Crippen LogP contribution is -2.59. The summed E-state index contributed by atoms with van der Waals surface area (Å²) in [5.41, 5.74) is 1.43. The van der Waals surface area contributed by atoms with Crippen LogP contribution in [0.1, 0.15) is 57.9 Å². The first-order valence-electron chi connectivity index (χ1n) is 12.0. The van der Waals surface area contributed by atoms with Gasteiger partial charge in [0.25, 0.3) is 0 Å². The van der Waals surface area contributed by atoms with Crippen molar-refractivity contribution in [1.29, 1.82) is 5.26 Å². The van der Waals surface area contributed by atoms with Crippen LogP contribution in [0.15, 0.2) is 36.4 Å². The SMILES string of the molecule is CN1C(=O)C=C[C@]2(C)[C@H]3CC[C@]4(C)[C@@H](C(=O)Nc5ccc(C#N)cc5)CC[C@H]4[C@@H]3CC[C@@H]12. The van der Waals surface area contributed by atoms with Crippen molar-refractivity contribution >= 4 is 17.5 Å². The van der Waals surface area contributed by atoms with Gasteiger partial charge in [0.15, 0.2) is 0 Å². The number of nitrogens with one attached hydrogen (secondary N) is 1. The summed E-state index contributed by atoms with van der Waals surface area (Å²) in [6, 6.07) is 9.55. The summed E-state index contributed by atoms with van der Waals surface area (Å²) in [5.74, 6) is 2.04. The van der Waals surface area contributed by atoms with E-state index in [4.69, 9.17) is 5.26 Å². The Morgan fingerprint density at radius 2 is 1.84 bits per heavy atom. The molecule has 1 aliphatic heterocycles. The molecule has 3 aliphatic carbocycles. The number of likely N-dealkylation sites (N-methyl/N-ethyl adjacent to an activating group) is 1. The summed E-state index contributed by atoms with van der Waals surface area (Å²) in [6.45, 7) is 4.71. The Morgan fingerprint density at radius 1 is 1.09 bits per heavy atom. The number of benzene rings is 1. The fourth-order valence-corrected chi connectivity index (χ4v) is 8.03. The molecule has 0 spiro atoms. The molecule has 1 heterocycles. The van der Waals surface area contributed by atoms with Gasteiger partial charge in [0.1, 0.15) is 0 Å². The van der Waals surface area contributed by atoms with Gasteiger partial charge in [-0.05, 0) is 92.0 Å². The number of hydrogen-bond acceptors (Lipinski definition) is 3. The van der Waals surface area contributed by atoms with Crippen LogP contribution >= 0.6 is 0 Å². The summed E-state index contributed by atoms with van der Waals surface area (Å²) < 4.78 is 0. The van der Waals surface area contributed by atoms with Crippen LogP contribution in [0.3, 0.4) is 0 Å². The highest BCUT2D eigenvalue weighted by molar-refractivity contribution is 5.93. The van der Waals surface area contributed by atoms with Gasteiger partial charge >= 0.3 is 0 Å². The third kappa shape index (κ3) is 3.03. The molecule has 0 aromatic heterocycles. The van der Waals surface area contributed by atoms with E-state index in [1.807, 2.05) is 24.1 Å². The van der Waals surface area contributed by atoms with E-state index in [0.29, 0.717) is 29.4 Å². The summed E-state index contributed by atoms with van der Waals surface area (Å²) in [5, 5.41) is 12.1. The van der Waals surface area contributed by atoms with Crippen molar-refractivity contribution in [3.8, 4) is 6.07 Å². The van der Waals surface area contributed by atoms with Crippen molar-refractivity contribution in [1.82, 2.24) is 4.90 Å². The topological polar surface area (TPSA) is 73.2 Å². The maximum atomic E-state index is 13.3. The van der Waals surface area contributed by atoms with E-state index in [2.05, 4.69) is 31.3 Å². The molecule has 1 aromatic rings. The lowest BCUT2D eigenvalue weighted by atomic mass is 9.47. The highest BCUT2D eigenvalue weighted by Crippen LogP contribution is 2.65. The maximum absolute atomic E-state index is 13.3. The Labute approximate surface area is 190 Å². The molecule has 3 fully saturated rings. The van der Waals surface area contributed by atoms with E-state index in [9.17, 15) is 9.59 Å². The van der Waals surface area contributed by atoms with Crippen LogP contribution in [0, 0.1) is 45.8 Å². The van der Waals surface area contributed by atoms with E-state index < -0.39 is 0 Å². The van der Waals surface area contributed by atoms with Crippen molar-refractivity contribution in [2.24, 2.45) is 34.5 Å². The highest BCUT2D eigenvalue weighted by atomic mass is 16.2. The number of anilines is 1. The predicted molar refractivity (Wildman–Crippen MR) is 123 cm³/mol. The third-order valence-electron chi connectivity index (χ3n) is 9.73. The molecule has 0 unspecified atom stereocenters. The van der Waals surface area contributed by atoms with Gasteiger partial charge in [-0.1, -0.05) is 19.9 Å². The largest absolute Gasteiger partial charge is 0.338 e. The predicted octanol–water partition coefficient (Wildman–Crippen LogP) is 4.75. The summed E-state index contributed by atoms with van der Waals surface area (Å²) >= 11 is 0. The second kappa shape index (κ2) is 7.47. The zero-order chi connectivity index (χ0) is 22.7. The van der Waals surface area contributed by atoms with Crippen molar-refractivity contribution in [2.45, 2.75) is 58.4 Å². The molecule has 0 saturated heterocycles. The van der Waals surface area contributed by atoms with Gasteiger partial charge in [-0.2, -0.15) is 5.26 Å². The summed E-state index contributed by atoms with van der Waals surface area (Å²) in [7, 11) is 1.96. The Kier molecular flexibility index (Phi) is 4.96. The molecule has 7 atom stereocenters. The molecule has 1 N–H and O–H groups in total. The average Bonchev–Trinajstić information content (AvgIpc) is 3.14. The molecule has 5 nitrogen and oxygen atoms in total. The van der Waals surface area contributed by atoms with Crippen LogP contribution in [0.4, 0.5) is 5.69 Å². The van der Waals surface area contributed by atoms with Gasteiger partial charge in [0.2, 0.25) is 11.8 Å². The van der Waals surface area contributed by atoms with E-state index in [0.717, 1.165) is 44.2 Å². The summed E-state index contributed by atoms with van der Waals surface area (Å²) in [6.07, 6.45) is 10.5. The number of carbonyl (C=O) groups excluding carboxylic acids is 2. The average molecular weight is 432 g/mol.